The highest BCUT2D eigenvalue weighted by molar-refractivity contribution is 5.39. The minimum absolute atomic E-state index is 0.306. The number of para-hydroxylation sites is 2. The fraction of sp³-hybridized carbons (Fsp3) is 0.500. The van der Waals surface area contributed by atoms with E-state index in [1.165, 1.54) is 0 Å². The zero-order valence-electron chi connectivity index (χ0n) is 10.8. The molecular weight excluding hydrogens is 228 g/mol. The largest absolute Gasteiger partial charge is 0.493 e. The number of nitriles is 1. The topological polar surface area (TPSA) is 54.3 Å². The van der Waals surface area contributed by atoms with E-state index in [0.29, 0.717) is 24.1 Å². The van der Waals surface area contributed by atoms with Gasteiger partial charge in [0.2, 0.25) is 0 Å². The lowest BCUT2D eigenvalue weighted by Crippen LogP contribution is -2.47. The molecule has 0 heterocycles. The molecule has 1 fully saturated rings. The lowest BCUT2D eigenvalue weighted by atomic mass is 10.1. The van der Waals surface area contributed by atoms with Crippen LogP contribution in [0.2, 0.25) is 0 Å². The standard InChI is InChI=1S/C14H18N2O2/c1-14(9-15,16-11-7-8-11)10-18-13-6-4-3-5-12(13)17-2/h3-6,11,16H,7-8,10H2,1-2H3. The lowest BCUT2D eigenvalue weighted by Gasteiger charge is -2.23. The Balaban J connectivity index is 1.98. The van der Waals surface area contributed by atoms with Crippen molar-refractivity contribution in [1.82, 2.24) is 5.32 Å². The average molecular weight is 246 g/mol. The smallest absolute Gasteiger partial charge is 0.161 e. The van der Waals surface area contributed by atoms with Gasteiger partial charge in [0.05, 0.1) is 13.2 Å². The van der Waals surface area contributed by atoms with E-state index in [1.807, 2.05) is 31.2 Å². The maximum Gasteiger partial charge on any atom is 0.161 e. The predicted octanol–water partition coefficient (Wildman–Crippen LogP) is 2.11. The van der Waals surface area contributed by atoms with Crippen LogP contribution in [0.25, 0.3) is 0 Å². The molecule has 1 aliphatic rings. The highest BCUT2D eigenvalue weighted by Gasteiger charge is 2.33. The van der Waals surface area contributed by atoms with E-state index in [1.54, 1.807) is 7.11 Å². The van der Waals surface area contributed by atoms with E-state index >= 15 is 0 Å². The van der Waals surface area contributed by atoms with Crippen molar-refractivity contribution >= 4 is 0 Å². The van der Waals surface area contributed by atoms with Gasteiger partial charge in [-0.05, 0) is 31.9 Å². The first-order valence-electron chi connectivity index (χ1n) is 6.11. The number of benzene rings is 1. The van der Waals surface area contributed by atoms with Crippen molar-refractivity contribution in [2.75, 3.05) is 13.7 Å². The molecule has 1 aromatic carbocycles. The van der Waals surface area contributed by atoms with Crippen LogP contribution >= 0.6 is 0 Å². The van der Waals surface area contributed by atoms with Crippen LogP contribution in [0.5, 0.6) is 11.5 Å². The van der Waals surface area contributed by atoms with Gasteiger partial charge in [-0.25, -0.2) is 0 Å². The lowest BCUT2D eigenvalue weighted by molar-refractivity contribution is 0.224. The molecule has 18 heavy (non-hydrogen) atoms. The van der Waals surface area contributed by atoms with Gasteiger partial charge in [0.15, 0.2) is 11.5 Å². The second kappa shape index (κ2) is 5.28. The summed E-state index contributed by atoms with van der Waals surface area (Å²) in [6.45, 7) is 2.17. The van der Waals surface area contributed by atoms with Crippen LogP contribution in [0, 0.1) is 11.3 Å². The van der Waals surface area contributed by atoms with Crippen molar-refractivity contribution in [3.63, 3.8) is 0 Å². The maximum atomic E-state index is 9.24. The summed E-state index contributed by atoms with van der Waals surface area (Å²) < 4.78 is 10.9. The molecule has 0 bridgehead atoms. The molecule has 1 atom stereocenters. The summed E-state index contributed by atoms with van der Waals surface area (Å²) in [7, 11) is 1.61. The third kappa shape index (κ3) is 3.14. The number of hydrogen-bond donors (Lipinski definition) is 1. The molecule has 0 aromatic heterocycles. The van der Waals surface area contributed by atoms with Gasteiger partial charge in [0.25, 0.3) is 0 Å². The molecule has 1 unspecified atom stereocenters. The van der Waals surface area contributed by atoms with Crippen LogP contribution in [0.1, 0.15) is 19.8 Å². The molecule has 1 saturated carbocycles. The number of hydrogen-bond acceptors (Lipinski definition) is 4. The molecule has 0 saturated heterocycles. The molecule has 4 heteroatoms. The van der Waals surface area contributed by atoms with E-state index in [4.69, 9.17) is 9.47 Å². The summed E-state index contributed by atoms with van der Waals surface area (Å²) in [6.07, 6.45) is 2.29. The Morgan fingerprint density at radius 3 is 2.61 bits per heavy atom. The van der Waals surface area contributed by atoms with Crippen molar-refractivity contribution < 1.29 is 9.47 Å². The molecule has 0 amide bonds. The summed E-state index contributed by atoms with van der Waals surface area (Å²) >= 11 is 0. The van der Waals surface area contributed by atoms with Crippen molar-refractivity contribution in [2.24, 2.45) is 0 Å². The van der Waals surface area contributed by atoms with Gasteiger partial charge in [-0.1, -0.05) is 12.1 Å². The fourth-order valence-electron chi connectivity index (χ4n) is 1.74. The third-order valence-electron chi connectivity index (χ3n) is 2.93. The van der Waals surface area contributed by atoms with E-state index in [9.17, 15) is 5.26 Å². The molecule has 1 aliphatic carbocycles. The van der Waals surface area contributed by atoms with Crippen molar-refractivity contribution in [3.8, 4) is 17.6 Å². The summed E-state index contributed by atoms with van der Waals surface area (Å²) in [5, 5.41) is 12.5. The van der Waals surface area contributed by atoms with Crippen LogP contribution in [-0.2, 0) is 0 Å². The van der Waals surface area contributed by atoms with Crippen LogP contribution in [0.3, 0.4) is 0 Å². The molecule has 4 nitrogen and oxygen atoms in total. The molecule has 0 radical (unpaired) electrons. The number of rotatable bonds is 6. The Morgan fingerprint density at radius 1 is 1.39 bits per heavy atom. The maximum absolute atomic E-state index is 9.24. The number of methoxy groups -OCH3 is 1. The number of ether oxygens (including phenoxy) is 2. The van der Waals surface area contributed by atoms with Crippen molar-refractivity contribution in [1.29, 1.82) is 5.26 Å². The molecule has 2 rings (SSSR count). The summed E-state index contributed by atoms with van der Waals surface area (Å²) in [5.41, 5.74) is -0.651. The quantitative estimate of drug-likeness (QED) is 0.835. The van der Waals surface area contributed by atoms with Crippen LogP contribution in [0.4, 0.5) is 0 Å². The van der Waals surface area contributed by atoms with Gasteiger partial charge in [-0.3, -0.25) is 5.32 Å². The summed E-state index contributed by atoms with van der Waals surface area (Å²) in [5.74, 6) is 1.35. The second-order valence-corrected chi connectivity index (χ2v) is 4.80. The molecule has 1 N–H and O–H groups in total. The van der Waals surface area contributed by atoms with Gasteiger partial charge >= 0.3 is 0 Å². The van der Waals surface area contributed by atoms with Crippen molar-refractivity contribution in [3.05, 3.63) is 24.3 Å². The van der Waals surface area contributed by atoms with Crippen LogP contribution < -0.4 is 14.8 Å². The Hall–Kier alpha value is -1.73. The highest BCUT2D eigenvalue weighted by Crippen LogP contribution is 2.27. The number of nitrogens with zero attached hydrogens (tertiary/aromatic N) is 1. The Bertz CT molecular complexity index is 451. The zero-order valence-corrected chi connectivity index (χ0v) is 10.8. The fourth-order valence-corrected chi connectivity index (χ4v) is 1.74. The van der Waals surface area contributed by atoms with Gasteiger partial charge in [-0.2, -0.15) is 5.26 Å². The van der Waals surface area contributed by atoms with Gasteiger partial charge in [-0.15, -0.1) is 0 Å². The SMILES string of the molecule is COc1ccccc1OCC(C)(C#N)NC1CC1. The van der Waals surface area contributed by atoms with Gasteiger partial charge in [0.1, 0.15) is 12.1 Å². The molecule has 96 valence electrons. The minimum Gasteiger partial charge on any atom is -0.493 e. The van der Waals surface area contributed by atoms with Gasteiger partial charge in [0, 0.05) is 6.04 Å². The first-order chi connectivity index (χ1) is 8.67. The predicted molar refractivity (Wildman–Crippen MR) is 68.7 cm³/mol. The van der Waals surface area contributed by atoms with Crippen molar-refractivity contribution in [2.45, 2.75) is 31.3 Å². The summed E-state index contributed by atoms with van der Waals surface area (Å²) in [4.78, 5) is 0. The first-order valence-corrected chi connectivity index (χ1v) is 6.11. The van der Waals surface area contributed by atoms with Crippen LogP contribution in [0.15, 0.2) is 24.3 Å². The third-order valence-corrected chi connectivity index (χ3v) is 2.93. The molecule has 1 aromatic rings. The van der Waals surface area contributed by atoms with E-state index in [2.05, 4.69) is 11.4 Å². The molecule has 0 spiro atoms. The summed E-state index contributed by atoms with van der Waals surface area (Å²) in [6, 6.07) is 10.2. The average Bonchev–Trinajstić information content (AvgIpc) is 3.20. The Labute approximate surface area is 108 Å². The van der Waals surface area contributed by atoms with E-state index < -0.39 is 5.54 Å². The zero-order chi connectivity index (χ0) is 13.0. The van der Waals surface area contributed by atoms with E-state index in [0.717, 1.165) is 12.8 Å². The normalized spacial score (nSPS) is 17.6. The highest BCUT2D eigenvalue weighted by atomic mass is 16.5. The Morgan fingerprint density at radius 2 is 2.06 bits per heavy atom. The number of nitrogens with one attached hydrogen (secondary N) is 1. The minimum atomic E-state index is -0.651. The first kappa shape index (κ1) is 12.7. The van der Waals surface area contributed by atoms with E-state index in [-0.39, 0.29) is 0 Å². The Kier molecular flexibility index (Phi) is 3.73. The van der Waals surface area contributed by atoms with Gasteiger partial charge < -0.3 is 9.47 Å². The van der Waals surface area contributed by atoms with Crippen LogP contribution in [-0.4, -0.2) is 25.3 Å². The second-order valence-electron chi connectivity index (χ2n) is 4.80. The molecular formula is C14H18N2O2. The molecule has 0 aliphatic heterocycles. The monoisotopic (exact) mass is 246 g/mol.